The molecule has 0 aliphatic carbocycles. The molecule has 23 heavy (non-hydrogen) atoms. The zero-order valence-corrected chi connectivity index (χ0v) is 14.2. The van der Waals surface area contributed by atoms with Gasteiger partial charge < -0.3 is 4.74 Å². The number of nitrogens with zero attached hydrogens (tertiary/aromatic N) is 1. The van der Waals surface area contributed by atoms with Crippen LogP contribution in [0.25, 0.3) is 0 Å². The van der Waals surface area contributed by atoms with E-state index >= 15 is 0 Å². The van der Waals surface area contributed by atoms with Gasteiger partial charge in [-0.05, 0) is 68.1 Å². The fraction of sp³-hybridized carbons (Fsp3) is 0.400. The van der Waals surface area contributed by atoms with Crippen LogP contribution in [-0.4, -0.2) is 31.1 Å². The van der Waals surface area contributed by atoms with Gasteiger partial charge in [0, 0.05) is 11.6 Å². The Kier molecular flexibility index (Phi) is 5.95. The number of halogens is 1. The molecule has 1 saturated heterocycles. The quantitative estimate of drug-likeness (QED) is 0.763. The summed E-state index contributed by atoms with van der Waals surface area (Å²) >= 11 is 5.88. The number of likely N-dealkylation sites (tertiary alicyclic amines) is 1. The first-order valence-electron chi connectivity index (χ1n) is 8.44. The first-order chi connectivity index (χ1) is 11.3. The predicted octanol–water partition coefficient (Wildman–Crippen LogP) is 4.67. The standard InChI is InChI=1S/C20H24ClNO/c21-19-6-8-20(9-7-19)23-15-14-22-12-10-18(11-13-22)16-17-4-2-1-3-5-17/h1-9,18H,10-16H2. The highest BCUT2D eigenvalue weighted by Crippen LogP contribution is 2.21. The molecule has 0 spiro atoms. The summed E-state index contributed by atoms with van der Waals surface area (Å²) in [4.78, 5) is 2.51. The number of ether oxygens (including phenoxy) is 1. The minimum Gasteiger partial charge on any atom is -0.492 e. The highest BCUT2D eigenvalue weighted by atomic mass is 35.5. The van der Waals surface area contributed by atoms with Crippen LogP contribution in [0.3, 0.4) is 0 Å². The molecule has 1 heterocycles. The van der Waals surface area contributed by atoms with E-state index in [1.165, 1.54) is 37.9 Å². The van der Waals surface area contributed by atoms with Crippen molar-refractivity contribution in [1.29, 1.82) is 0 Å². The maximum atomic E-state index is 5.88. The largest absolute Gasteiger partial charge is 0.492 e. The Morgan fingerprint density at radius 3 is 2.35 bits per heavy atom. The van der Waals surface area contributed by atoms with E-state index in [1.54, 1.807) is 0 Å². The van der Waals surface area contributed by atoms with Gasteiger partial charge in [0.1, 0.15) is 12.4 Å². The molecule has 0 amide bonds. The topological polar surface area (TPSA) is 12.5 Å². The summed E-state index contributed by atoms with van der Waals surface area (Å²) < 4.78 is 5.79. The number of hydrogen-bond acceptors (Lipinski definition) is 2. The van der Waals surface area contributed by atoms with Gasteiger partial charge in [0.25, 0.3) is 0 Å². The fourth-order valence-corrected chi connectivity index (χ4v) is 3.31. The van der Waals surface area contributed by atoms with Gasteiger partial charge in [0.05, 0.1) is 0 Å². The molecular weight excluding hydrogens is 306 g/mol. The maximum Gasteiger partial charge on any atom is 0.119 e. The molecule has 0 atom stereocenters. The van der Waals surface area contributed by atoms with Crippen LogP contribution in [0.4, 0.5) is 0 Å². The van der Waals surface area contributed by atoms with Gasteiger partial charge in [-0.25, -0.2) is 0 Å². The molecule has 3 heteroatoms. The lowest BCUT2D eigenvalue weighted by molar-refractivity contribution is 0.155. The third-order valence-corrected chi connectivity index (χ3v) is 4.82. The van der Waals surface area contributed by atoms with Gasteiger partial charge in [-0.2, -0.15) is 0 Å². The molecule has 0 radical (unpaired) electrons. The lowest BCUT2D eigenvalue weighted by atomic mass is 9.90. The second-order valence-electron chi connectivity index (χ2n) is 6.28. The van der Waals surface area contributed by atoms with E-state index in [9.17, 15) is 0 Å². The Bertz CT molecular complexity index is 576. The van der Waals surface area contributed by atoms with Crippen molar-refractivity contribution in [2.45, 2.75) is 19.3 Å². The Labute approximate surface area is 144 Å². The van der Waals surface area contributed by atoms with Gasteiger partial charge in [0.15, 0.2) is 0 Å². The summed E-state index contributed by atoms with van der Waals surface area (Å²) in [6.07, 6.45) is 3.79. The van der Waals surface area contributed by atoms with Crippen LogP contribution >= 0.6 is 11.6 Å². The zero-order valence-electron chi connectivity index (χ0n) is 13.5. The Hall–Kier alpha value is -1.51. The Morgan fingerprint density at radius 2 is 1.65 bits per heavy atom. The van der Waals surface area contributed by atoms with E-state index < -0.39 is 0 Å². The van der Waals surface area contributed by atoms with Crippen molar-refractivity contribution in [3.8, 4) is 5.75 Å². The van der Waals surface area contributed by atoms with Crippen molar-refractivity contribution < 1.29 is 4.74 Å². The summed E-state index contributed by atoms with van der Waals surface area (Å²) in [6.45, 7) is 4.11. The minimum absolute atomic E-state index is 0.741. The van der Waals surface area contributed by atoms with Gasteiger partial charge >= 0.3 is 0 Å². The molecule has 1 aliphatic heterocycles. The Morgan fingerprint density at radius 1 is 0.957 bits per heavy atom. The van der Waals surface area contributed by atoms with Crippen molar-refractivity contribution in [2.24, 2.45) is 5.92 Å². The number of hydrogen-bond donors (Lipinski definition) is 0. The van der Waals surface area contributed by atoms with Crippen LogP contribution in [-0.2, 0) is 6.42 Å². The van der Waals surface area contributed by atoms with Crippen molar-refractivity contribution in [1.82, 2.24) is 4.90 Å². The second-order valence-corrected chi connectivity index (χ2v) is 6.71. The fourth-order valence-electron chi connectivity index (χ4n) is 3.19. The van der Waals surface area contributed by atoms with E-state index in [4.69, 9.17) is 16.3 Å². The number of piperidine rings is 1. The van der Waals surface area contributed by atoms with Crippen LogP contribution < -0.4 is 4.74 Å². The molecule has 1 aliphatic rings. The molecule has 0 bridgehead atoms. The molecule has 1 fully saturated rings. The van der Waals surface area contributed by atoms with E-state index in [-0.39, 0.29) is 0 Å². The average Bonchev–Trinajstić information content (AvgIpc) is 2.59. The molecule has 0 saturated carbocycles. The van der Waals surface area contributed by atoms with Crippen LogP contribution in [0.5, 0.6) is 5.75 Å². The zero-order chi connectivity index (χ0) is 15.9. The highest BCUT2D eigenvalue weighted by Gasteiger charge is 2.19. The summed E-state index contributed by atoms with van der Waals surface area (Å²) in [5.41, 5.74) is 1.47. The monoisotopic (exact) mass is 329 g/mol. The number of benzene rings is 2. The molecular formula is C20H24ClNO. The normalized spacial score (nSPS) is 16.4. The van der Waals surface area contributed by atoms with Crippen LogP contribution in [0, 0.1) is 5.92 Å². The van der Waals surface area contributed by atoms with E-state index in [0.29, 0.717) is 0 Å². The van der Waals surface area contributed by atoms with Crippen LogP contribution in [0.2, 0.25) is 5.02 Å². The summed E-state index contributed by atoms with van der Waals surface area (Å²) in [6, 6.07) is 18.4. The summed E-state index contributed by atoms with van der Waals surface area (Å²) in [5, 5.41) is 0.748. The molecule has 0 N–H and O–H groups in total. The minimum atomic E-state index is 0.741. The van der Waals surface area contributed by atoms with Gasteiger partial charge in [-0.1, -0.05) is 41.9 Å². The SMILES string of the molecule is Clc1ccc(OCCN2CCC(Cc3ccccc3)CC2)cc1. The lowest BCUT2D eigenvalue weighted by Gasteiger charge is -2.31. The van der Waals surface area contributed by atoms with E-state index in [1.807, 2.05) is 24.3 Å². The molecule has 2 nitrogen and oxygen atoms in total. The van der Waals surface area contributed by atoms with Crippen molar-refractivity contribution in [3.05, 3.63) is 65.2 Å². The first-order valence-corrected chi connectivity index (χ1v) is 8.82. The lowest BCUT2D eigenvalue weighted by Crippen LogP contribution is -2.36. The van der Waals surface area contributed by atoms with Crippen molar-refractivity contribution in [3.63, 3.8) is 0 Å². The number of rotatable bonds is 6. The molecule has 122 valence electrons. The molecule has 2 aromatic rings. The van der Waals surface area contributed by atoms with Crippen LogP contribution in [0.1, 0.15) is 18.4 Å². The average molecular weight is 330 g/mol. The second kappa shape index (κ2) is 8.37. The third-order valence-electron chi connectivity index (χ3n) is 4.56. The van der Waals surface area contributed by atoms with Gasteiger partial charge in [-0.15, -0.1) is 0 Å². The van der Waals surface area contributed by atoms with E-state index in [2.05, 4.69) is 35.2 Å². The Balaban J connectivity index is 1.35. The van der Waals surface area contributed by atoms with Gasteiger partial charge in [-0.3, -0.25) is 4.90 Å². The van der Waals surface area contributed by atoms with Crippen molar-refractivity contribution >= 4 is 11.6 Å². The third kappa shape index (κ3) is 5.26. The molecule has 2 aromatic carbocycles. The predicted molar refractivity (Wildman–Crippen MR) is 96.3 cm³/mol. The van der Waals surface area contributed by atoms with Gasteiger partial charge in [0.2, 0.25) is 0 Å². The maximum absolute atomic E-state index is 5.88. The van der Waals surface area contributed by atoms with E-state index in [0.717, 1.165) is 29.8 Å². The molecule has 0 aromatic heterocycles. The summed E-state index contributed by atoms with van der Waals surface area (Å²) in [7, 11) is 0. The molecule has 3 rings (SSSR count). The highest BCUT2D eigenvalue weighted by molar-refractivity contribution is 6.30. The van der Waals surface area contributed by atoms with Crippen LogP contribution in [0.15, 0.2) is 54.6 Å². The summed E-state index contributed by atoms with van der Waals surface area (Å²) in [5.74, 6) is 1.72. The van der Waals surface area contributed by atoms with Crippen molar-refractivity contribution in [2.75, 3.05) is 26.2 Å². The first kappa shape index (κ1) is 16.4. The molecule has 0 unspecified atom stereocenters. The smallest absolute Gasteiger partial charge is 0.119 e.